The molecule has 1 atom stereocenters. The number of methoxy groups -OCH3 is 1. The van der Waals surface area contributed by atoms with E-state index < -0.39 is 11.9 Å². The zero-order valence-corrected chi connectivity index (χ0v) is 19.0. The molecule has 7 nitrogen and oxygen atoms in total. The van der Waals surface area contributed by atoms with Gasteiger partial charge in [-0.3, -0.25) is 14.4 Å². The SMILES string of the molecule is CCCNC(=O)[C@H](NC(=O)c1ccc(OC)cc1)C1CCN(C(=O)c2ccccc2F)CC1. The van der Waals surface area contributed by atoms with Crippen molar-refractivity contribution in [3.63, 3.8) is 0 Å². The summed E-state index contributed by atoms with van der Waals surface area (Å²) in [6.07, 6.45) is 1.82. The average molecular weight is 456 g/mol. The molecule has 1 aliphatic heterocycles. The van der Waals surface area contributed by atoms with E-state index in [-0.39, 0.29) is 29.2 Å². The number of rotatable bonds is 8. The first-order chi connectivity index (χ1) is 15.9. The maximum absolute atomic E-state index is 14.0. The Morgan fingerprint density at radius 3 is 2.36 bits per heavy atom. The second kappa shape index (κ2) is 11.4. The van der Waals surface area contributed by atoms with Gasteiger partial charge >= 0.3 is 0 Å². The van der Waals surface area contributed by atoms with Crippen molar-refractivity contribution in [1.82, 2.24) is 15.5 Å². The van der Waals surface area contributed by atoms with E-state index in [2.05, 4.69) is 10.6 Å². The fraction of sp³-hybridized carbons (Fsp3) is 0.400. The Labute approximate surface area is 193 Å². The predicted octanol–water partition coefficient (Wildman–Crippen LogP) is 3.01. The molecule has 0 aromatic heterocycles. The van der Waals surface area contributed by atoms with Gasteiger partial charge in [-0.15, -0.1) is 0 Å². The van der Waals surface area contributed by atoms with Gasteiger partial charge in [0.2, 0.25) is 5.91 Å². The van der Waals surface area contributed by atoms with Crippen LogP contribution in [-0.4, -0.2) is 55.4 Å². The maximum Gasteiger partial charge on any atom is 0.256 e. The van der Waals surface area contributed by atoms with Crippen LogP contribution in [0.5, 0.6) is 5.75 Å². The topological polar surface area (TPSA) is 87.7 Å². The Hall–Kier alpha value is -3.42. The lowest BCUT2D eigenvalue weighted by Gasteiger charge is -2.36. The first-order valence-corrected chi connectivity index (χ1v) is 11.2. The number of hydrogen-bond acceptors (Lipinski definition) is 4. The van der Waals surface area contributed by atoms with Gasteiger partial charge in [-0.05, 0) is 61.6 Å². The highest BCUT2D eigenvalue weighted by Gasteiger charge is 2.34. The second-order valence-corrected chi connectivity index (χ2v) is 8.08. The molecule has 0 unspecified atom stereocenters. The van der Waals surface area contributed by atoms with Crippen molar-refractivity contribution >= 4 is 17.7 Å². The van der Waals surface area contributed by atoms with E-state index in [0.717, 1.165) is 6.42 Å². The predicted molar refractivity (Wildman–Crippen MR) is 123 cm³/mol. The van der Waals surface area contributed by atoms with Crippen LogP contribution in [0.1, 0.15) is 46.9 Å². The van der Waals surface area contributed by atoms with Crippen LogP contribution < -0.4 is 15.4 Å². The van der Waals surface area contributed by atoms with Gasteiger partial charge in [0.15, 0.2) is 0 Å². The summed E-state index contributed by atoms with van der Waals surface area (Å²) in [5.74, 6) is -1.00. The summed E-state index contributed by atoms with van der Waals surface area (Å²) >= 11 is 0. The van der Waals surface area contributed by atoms with Crippen LogP contribution in [-0.2, 0) is 4.79 Å². The van der Waals surface area contributed by atoms with Crippen molar-refractivity contribution in [2.24, 2.45) is 5.92 Å². The van der Waals surface area contributed by atoms with E-state index in [1.165, 1.54) is 12.1 Å². The van der Waals surface area contributed by atoms with E-state index in [4.69, 9.17) is 4.74 Å². The van der Waals surface area contributed by atoms with Gasteiger partial charge in [0.05, 0.1) is 12.7 Å². The molecule has 2 aromatic rings. The number of ether oxygens (including phenoxy) is 1. The summed E-state index contributed by atoms with van der Waals surface area (Å²) < 4.78 is 19.1. The smallest absolute Gasteiger partial charge is 0.256 e. The minimum atomic E-state index is -0.725. The van der Waals surface area contributed by atoms with Gasteiger partial charge in [-0.25, -0.2) is 4.39 Å². The summed E-state index contributed by atoms with van der Waals surface area (Å²) in [4.78, 5) is 40.0. The van der Waals surface area contributed by atoms with E-state index in [9.17, 15) is 18.8 Å². The normalized spacial score (nSPS) is 14.9. The van der Waals surface area contributed by atoms with Gasteiger partial charge < -0.3 is 20.3 Å². The number of amides is 3. The van der Waals surface area contributed by atoms with Crippen LogP contribution >= 0.6 is 0 Å². The van der Waals surface area contributed by atoms with Crippen LogP contribution in [0.15, 0.2) is 48.5 Å². The van der Waals surface area contributed by atoms with E-state index >= 15 is 0 Å². The minimum absolute atomic E-state index is 0.0426. The molecule has 0 bridgehead atoms. The fourth-order valence-corrected chi connectivity index (χ4v) is 3.96. The molecule has 3 amide bonds. The fourth-order valence-electron chi connectivity index (χ4n) is 3.96. The van der Waals surface area contributed by atoms with Crippen LogP contribution in [0, 0.1) is 11.7 Å². The molecular formula is C25H30FN3O4. The van der Waals surface area contributed by atoms with Crippen molar-refractivity contribution in [3.8, 4) is 5.75 Å². The number of benzene rings is 2. The quantitative estimate of drug-likeness (QED) is 0.641. The third-order valence-corrected chi connectivity index (χ3v) is 5.87. The summed E-state index contributed by atoms with van der Waals surface area (Å²) in [5.41, 5.74) is 0.470. The third-order valence-electron chi connectivity index (χ3n) is 5.87. The molecule has 0 aliphatic carbocycles. The molecular weight excluding hydrogens is 425 g/mol. The molecule has 1 aliphatic rings. The standard InChI is InChI=1S/C25H30FN3O4/c1-3-14-27-24(31)22(28-23(30)18-8-10-19(33-2)11-9-18)17-12-15-29(16-13-17)25(32)20-6-4-5-7-21(20)26/h4-11,17,22H,3,12-16H2,1-2H3,(H,27,31)(H,28,30)/t22-/m1/s1. The van der Waals surface area contributed by atoms with Crippen molar-refractivity contribution in [3.05, 3.63) is 65.5 Å². The van der Waals surface area contributed by atoms with Crippen molar-refractivity contribution in [2.45, 2.75) is 32.2 Å². The average Bonchev–Trinajstić information content (AvgIpc) is 2.85. The number of nitrogens with one attached hydrogen (secondary N) is 2. The second-order valence-electron chi connectivity index (χ2n) is 8.08. The summed E-state index contributed by atoms with van der Waals surface area (Å²) in [6.45, 7) is 3.23. The molecule has 1 heterocycles. The van der Waals surface area contributed by atoms with Crippen LogP contribution in [0.4, 0.5) is 4.39 Å². The Balaban J connectivity index is 1.68. The molecule has 2 aromatic carbocycles. The molecule has 8 heteroatoms. The zero-order valence-electron chi connectivity index (χ0n) is 19.0. The molecule has 1 fully saturated rings. The molecule has 3 rings (SSSR count). The number of nitrogens with zero attached hydrogens (tertiary/aromatic N) is 1. The van der Waals surface area contributed by atoms with Crippen LogP contribution in [0.2, 0.25) is 0 Å². The minimum Gasteiger partial charge on any atom is -0.497 e. The van der Waals surface area contributed by atoms with Gasteiger partial charge in [0.1, 0.15) is 17.6 Å². The molecule has 0 radical (unpaired) electrons. The monoisotopic (exact) mass is 455 g/mol. The van der Waals surface area contributed by atoms with Gasteiger partial charge in [0.25, 0.3) is 11.8 Å². The molecule has 2 N–H and O–H groups in total. The Kier molecular flexibility index (Phi) is 8.40. The van der Waals surface area contributed by atoms with Crippen LogP contribution in [0.25, 0.3) is 0 Å². The maximum atomic E-state index is 14.0. The highest BCUT2D eigenvalue weighted by Crippen LogP contribution is 2.24. The Morgan fingerprint density at radius 1 is 1.09 bits per heavy atom. The number of likely N-dealkylation sites (tertiary alicyclic amines) is 1. The van der Waals surface area contributed by atoms with Gasteiger partial charge in [0, 0.05) is 25.2 Å². The van der Waals surface area contributed by atoms with E-state index in [0.29, 0.717) is 43.8 Å². The molecule has 0 saturated carbocycles. The summed E-state index contributed by atoms with van der Waals surface area (Å²) in [7, 11) is 1.55. The summed E-state index contributed by atoms with van der Waals surface area (Å²) in [5, 5.41) is 5.75. The highest BCUT2D eigenvalue weighted by molar-refractivity contribution is 5.98. The third kappa shape index (κ3) is 6.09. The van der Waals surface area contributed by atoms with Gasteiger partial charge in [-0.1, -0.05) is 19.1 Å². The number of carbonyl (C=O) groups is 3. The van der Waals surface area contributed by atoms with Crippen molar-refractivity contribution < 1.29 is 23.5 Å². The van der Waals surface area contributed by atoms with Crippen LogP contribution in [0.3, 0.4) is 0 Å². The first kappa shape index (κ1) is 24.2. The molecule has 0 spiro atoms. The number of hydrogen-bond donors (Lipinski definition) is 2. The molecule has 1 saturated heterocycles. The van der Waals surface area contributed by atoms with Crippen molar-refractivity contribution in [2.75, 3.05) is 26.7 Å². The highest BCUT2D eigenvalue weighted by atomic mass is 19.1. The number of carbonyl (C=O) groups excluding carboxylic acids is 3. The Bertz CT molecular complexity index is 972. The molecule has 33 heavy (non-hydrogen) atoms. The van der Waals surface area contributed by atoms with E-state index in [1.54, 1.807) is 48.4 Å². The number of halogens is 1. The zero-order chi connectivity index (χ0) is 23.8. The lowest BCUT2D eigenvalue weighted by atomic mass is 9.88. The lowest BCUT2D eigenvalue weighted by molar-refractivity contribution is -0.124. The Morgan fingerprint density at radius 2 is 1.76 bits per heavy atom. The largest absolute Gasteiger partial charge is 0.497 e. The van der Waals surface area contributed by atoms with E-state index in [1.807, 2.05) is 6.92 Å². The molecule has 176 valence electrons. The first-order valence-electron chi connectivity index (χ1n) is 11.2. The van der Waals surface area contributed by atoms with Gasteiger partial charge in [-0.2, -0.15) is 0 Å². The number of piperidine rings is 1. The lowest BCUT2D eigenvalue weighted by Crippen LogP contribution is -2.54. The summed E-state index contributed by atoms with van der Waals surface area (Å²) in [6, 6.07) is 11.9. The van der Waals surface area contributed by atoms with Crippen molar-refractivity contribution in [1.29, 1.82) is 0 Å².